The van der Waals surface area contributed by atoms with Gasteiger partial charge in [0, 0.05) is 32.7 Å². The van der Waals surface area contributed by atoms with E-state index in [-0.39, 0.29) is 0 Å². The van der Waals surface area contributed by atoms with E-state index in [1.165, 1.54) is 0 Å². The van der Waals surface area contributed by atoms with Crippen molar-refractivity contribution in [1.82, 2.24) is 9.78 Å². The van der Waals surface area contributed by atoms with E-state index in [2.05, 4.69) is 18.9 Å². The van der Waals surface area contributed by atoms with Crippen LogP contribution in [0.3, 0.4) is 0 Å². The van der Waals surface area contributed by atoms with E-state index in [1.807, 2.05) is 23.1 Å². The van der Waals surface area contributed by atoms with Crippen LogP contribution >= 0.6 is 0 Å². The SMILES string of the molecule is COC[C@H](C)[C@H](C)Cn1cccn1. The third-order valence-electron chi connectivity index (χ3n) is 2.44. The Kier molecular flexibility index (Phi) is 3.96. The Morgan fingerprint density at radius 2 is 2.15 bits per heavy atom. The molecule has 2 atom stereocenters. The molecular formula is C10H18N2O. The molecule has 3 heteroatoms. The topological polar surface area (TPSA) is 27.1 Å². The first-order valence-electron chi connectivity index (χ1n) is 4.70. The summed E-state index contributed by atoms with van der Waals surface area (Å²) >= 11 is 0. The molecule has 1 heterocycles. The number of hydrogen-bond acceptors (Lipinski definition) is 2. The molecule has 0 aliphatic carbocycles. The molecule has 3 nitrogen and oxygen atoms in total. The van der Waals surface area contributed by atoms with Crippen LogP contribution in [0, 0.1) is 11.8 Å². The molecule has 0 aliphatic heterocycles. The summed E-state index contributed by atoms with van der Waals surface area (Å²) in [6, 6.07) is 1.95. The fourth-order valence-electron chi connectivity index (χ4n) is 1.31. The number of aromatic nitrogens is 2. The van der Waals surface area contributed by atoms with E-state index in [0.717, 1.165) is 13.2 Å². The van der Waals surface area contributed by atoms with Crippen LogP contribution in [-0.4, -0.2) is 23.5 Å². The van der Waals surface area contributed by atoms with Crippen LogP contribution in [0.1, 0.15) is 13.8 Å². The van der Waals surface area contributed by atoms with Gasteiger partial charge in [0.15, 0.2) is 0 Å². The smallest absolute Gasteiger partial charge is 0.0491 e. The number of hydrogen-bond donors (Lipinski definition) is 0. The van der Waals surface area contributed by atoms with Gasteiger partial charge in [-0.15, -0.1) is 0 Å². The maximum absolute atomic E-state index is 5.11. The molecule has 0 fully saturated rings. The molecule has 0 saturated carbocycles. The molecular weight excluding hydrogens is 164 g/mol. The van der Waals surface area contributed by atoms with Gasteiger partial charge in [-0.05, 0) is 17.9 Å². The molecule has 0 aliphatic rings. The molecule has 0 amide bonds. The Morgan fingerprint density at radius 1 is 1.38 bits per heavy atom. The Balaban J connectivity index is 2.36. The zero-order chi connectivity index (χ0) is 9.68. The molecule has 0 spiro atoms. The predicted molar refractivity (Wildman–Crippen MR) is 52.4 cm³/mol. The van der Waals surface area contributed by atoms with Crippen molar-refractivity contribution in [3.05, 3.63) is 18.5 Å². The molecule has 74 valence electrons. The molecule has 0 saturated heterocycles. The van der Waals surface area contributed by atoms with Crippen molar-refractivity contribution in [1.29, 1.82) is 0 Å². The van der Waals surface area contributed by atoms with Gasteiger partial charge in [-0.2, -0.15) is 5.10 Å². The summed E-state index contributed by atoms with van der Waals surface area (Å²) in [6.07, 6.45) is 3.81. The summed E-state index contributed by atoms with van der Waals surface area (Å²) in [5.74, 6) is 1.18. The number of rotatable bonds is 5. The highest BCUT2D eigenvalue weighted by Crippen LogP contribution is 2.12. The van der Waals surface area contributed by atoms with E-state index in [9.17, 15) is 0 Å². The van der Waals surface area contributed by atoms with Crippen molar-refractivity contribution in [3.63, 3.8) is 0 Å². The average Bonchev–Trinajstić information content (AvgIpc) is 2.57. The van der Waals surface area contributed by atoms with Crippen LogP contribution in [0.25, 0.3) is 0 Å². The molecule has 0 N–H and O–H groups in total. The molecule has 0 aromatic carbocycles. The molecule has 0 radical (unpaired) electrons. The van der Waals surface area contributed by atoms with Gasteiger partial charge in [0.2, 0.25) is 0 Å². The van der Waals surface area contributed by atoms with Crippen LogP contribution in [0.5, 0.6) is 0 Å². The first-order chi connectivity index (χ1) is 6.24. The first-order valence-corrected chi connectivity index (χ1v) is 4.70. The van der Waals surface area contributed by atoms with Crippen molar-refractivity contribution < 1.29 is 4.74 Å². The van der Waals surface area contributed by atoms with E-state index < -0.39 is 0 Å². The van der Waals surface area contributed by atoms with Crippen LogP contribution < -0.4 is 0 Å². The summed E-state index contributed by atoms with van der Waals surface area (Å²) in [6.45, 7) is 6.23. The number of nitrogens with zero attached hydrogens (tertiary/aromatic N) is 2. The van der Waals surface area contributed by atoms with Gasteiger partial charge in [0.1, 0.15) is 0 Å². The van der Waals surface area contributed by atoms with Gasteiger partial charge >= 0.3 is 0 Å². The molecule has 1 rings (SSSR count). The minimum absolute atomic E-state index is 0.578. The van der Waals surface area contributed by atoms with E-state index in [4.69, 9.17) is 4.74 Å². The van der Waals surface area contributed by atoms with Gasteiger partial charge in [-0.1, -0.05) is 13.8 Å². The molecule has 0 unspecified atom stereocenters. The maximum Gasteiger partial charge on any atom is 0.0491 e. The Bertz CT molecular complexity index is 221. The van der Waals surface area contributed by atoms with Crippen LogP contribution in [0.2, 0.25) is 0 Å². The Labute approximate surface area is 79.7 Å². The predicted octanol–water partition coefficient (Wildman–Crippen LogP) is 1.80. The third-order valence-corrected chi connectivity index (χ3v) is 2.44. The second-order valence-electron chi connectivity index (χ2n) is 3.64. The number of methoxy groups -OCH3 is 1. The van der Waals surface area contributed by atoms with Gasteiger partial charge in [-0.25, -0.2) is 0 Å². The Hall–Kier alpha value is -0.830. The lowest BCUT2D eigenvalue weighted by Gasteiger charge is -2.18. The highest BCUT2D eigenvalue weighted by atomic mass is 16.5. The van der Waals surface area contributed by atoms with Crippen LogP contribution in [0.4, 0.5) is 0 Å². The van der Waals surface area contributed by atoms with Crippen molar-refractivity contribution in [3.8, 4) is 0 Å². The minimum atomic E-state index is 0.578. The molecule has 1 aromatic rings. The van der Waals surface area contributed by atoms with E-state index in [0.29, 0.717) is 11.8 Å². The second-order valence-corrected chi connectivity index (χ2v) is 3.64. The van der Waals surface area contributed by atoms with E-state index in [1.54, 1.807) is 7.11 Å². The van der Waals surface area contributed by atoms with Crippen molar-refractivity contribution >= 4 is 0 Å². The van der Waals surface area contributed by atoms with Crippen molar-refractivity contribution in [2.45, 2.75) is 20.4 Å². The highest BCUT2D eigenvalue weighted by molar-refractivity contribution is 4.78. The fourth-order valence-corrected chi connectivity index (χ4v) is 1.31. The summed E-state index contributed by atoms with van der Waals surface area (Å²) in [4.78, 5) is 0. The van der Waals surface area contributed by atoms with Crippen LogP contribution in [-0.2, 0) is 11.3 Å². The van der Waals surface area contributed by atoms with Gasteiger partial charge < -0.3 is 4.74 Å². The largest absolute Gasteiger partial charge is 0.384 e. The van der Waals surface area contributed by atoms with Crippen molar-refractivity contribution in [2.24, 2.45) is 11.8 Å². The van der Waals surface area contributed by atoms with E-state index >= 15 is 0 Å². The third kappa shape index (κ3) is 3.19. The molecule has 1 aromatic heterocycles. The maximum atomic E-state index is 5.11. The number of ether oxygens (including phenoxy) is 1. The van der Waals surface area contributed by atoms with Crippen molar-refractivity contribution in [2.75, 3.05) is 13.7 Å². The summed E-state index contributed by atoms with van der Waals surface area (Å²) in [5.41, 5.74) is 0. The normalized spacial score (nSPS) is 15.6. The average molecular weight is 182 g/mol. The lowest BCUT2D eigenvalue weighted by Crippen LogP contribution is -2.19. The first kappa shape index (κ1) is 10.3. The minimum Gasteiger partial charge on any atom is -0.384 e. The quantitative estimate of drug-likeness (QED) is 0.694. The lowest BCUT2D eigenvalue weighted by atomic mass is 9.97. The standard InChI is InChI=1S/C10H18N2O/c1-9(10(2)8-13-3)7-12-6-4-5-11-12/h4-6,9-10H,7-8H2,1-3H3/t9-,10+/m1/s1. The molecule has 13 heavy (non-hydrogen) atoms. The van der Waals surface area contributed by atoms with Gasteiger partial charge in [0.25, 0.3) is 0 Å². The lowest BCUT2D eigenvalue weighted by molar-refractivity contribution is 0.127. The monoisotopic (exact) mass is 182 g/mol. The summed E-state index contributed by atoms with van der Waals surface area (Å²) < 4.78 is 7.08. The zero-order valence-electron chi connectivity index (χ0n) is 8.60. The zero-order valence-corrected chi connectivity index (χ0v) is 8.60. The van der Waals surface area contributed by atoms with Gasteiger partial charge in [0.05, 0.1) is 0 Å². The summed E-state index contributed by atoms with van der Waals surface area (Å²) in [7, 11) is 1.75. The fraction of sp³-hybridized carbons (Fsp3) is 0.700. The van der Waals surface area contributed by atoms with Gasteiger partial charge in [-0.3, -0.25) is 4.68 Å². The second kappa shape index (κ2) is 5.02. The highest BCUT2D eigenvalue weighted by Gasteiger charge is 2.12. The summed E-state index contributed by atoms with van der Waals surface area (Å²) in [5, 5.41) is 4.17. The molecule has 0 bridgehead atoms. The Morgan fingerprint density at radius 3 is 2.69 bits per heavy atom. The van der Waals surface area contributed by atoms with Crippen LogP contribution in [0.15, 0.2) is 18.5 Å².